The van der Waals surface area contributed by atoms with Crippen molar-refractivity contribution in [1.82, 2.24) is 0 Å². The van der Waals surface area contributed by atoms with Crippen LogP contribution in [0.4, 0.5) is 0 Å². The fraction of sp³-hybridized carbons (Fsp3) is 0.400. The molecule has 0 aromatic heterocycles. The molecule has 0 spiro atoms. The van der Waals surface area contributed by atoms with E-state index in [1.807, 2.05) is 18.2 Å². The van der Waals surface area contributed by atoms with Gasteiger partial charge in [0.25, 0.3) is 4.90 Å². The summed E-state index contributed by atoms with van der Waals surface area (Å²) >= 11 is 1.55. The zero-order valence-corrected chi connectivity index (χ0v) is 8.56. The topological polar surface area (TPSA) is 12.4 Å². The molecule has 1 rings (SSSR count). The molecule has 0 unspecified atom stereocenters. The average Bonchev–Trinajstić information content (AvgIpc) is 2.02. The van der Waals surface area contributed by atoms with Crippen molar-refractivity contribution in [2.45, 2.75) is 31.2 Å². The van der Waals surface area contributed by atoms with Crippen molar-refractivity contribution >= 4 is 11.6 Å². The smallest absolute Gasteiger partial charge is 0.0619 e. The van der Waals surface area contributed by atoms with Gasteiger partial charge < -0.3 is 0 Å². The van der Waals surface area contributed by atoms with Gasteiger partial charge in [0.15, 0.2) is 0 Å². The molecule has 0 amide bonds. The Morgan fingerprint density at radius 3 is 2.17 bits per heavy atom. The Kier molecular flexibility index (Phi) is 2.93. The highest BCUT2D eigenvalue weighted by atomic mass is 32.1. The van der Waals surface area contributed by atoms with Gasteiger partial charge in [-0.15, -0.1) is 0 Å². The number of benzene rings is 1. The van der Waals surface area contributed by atoms with Crippen molar-refractivity contribution in [3.8, 4) is 0 Å². The molecule has 2 heteroatoms. The second-order valence-corrected chi connectivity index (χ2v) is 4.50. The molecule has 0 radical (unpaired) electrons. The maximum Gasteiger partial charge on any atom is 0.357 e. The first-order valence-corrected chi connectivity index (χ1v) is 4.79. The van der Waals surface area contributed by atoms with Gasteiger partial charge >= 0.3 is 11.6 Å². The van der Waals surface area contributed by atoms with Crippen molar-refractivity contribution in [3.05, 3.63) is 30.3 Å². The predicted molar refractivity (Wildman–Crippen MR) is 54.3 cm³/mol. The van der Waals surface area contributed by atoms with Crippen LogP contribution in [0.5, 0.6) is 0 Å². The first-order chi connectivity index (χ1) is 5.58. The van der Waals surface area contributed by atoms with E-state index in [1.54, 1.807) is 11.6 Å². The lowest BCUT2D eigenvalue weighted by atomic mass is 10.1. The first kappa shape index (κ1) is 9.33. The van der Waals surface area contributed by atoms with Crippen LogP contribution in [0.3, 0.4) is 0 Å². The van der Waals surface area contributed by atoms with Crippen LogP contribution >= 0.6 is 0 Å². The summed E-state index contributed by atoms with van der Waals surface area (Å²) in [6, 6.07) is 10.2. The molecular weight excluding hydrogens is 166 g/mol. The Morgan fingerprint density at radius 1 is 1.08 bits per heavy atom. The van der Waals surface area contributed by atoms with Crippen molar-refractivity contribution < 1.29 is 0 Å². The van der Waals surface area contributed by atoms with E-state index in [0.717, 1.165) is 0 Å². The van der Waals surface area contributed by atoms with Gasteiger partial charge in [-0.3, -0.25) is 0 Å². The summed E-state index contributed by atoms with van der Waals surface area (Å²) in [5.41, 5.74) is 0.0422. The Balaban J connectivity index is 2.71. The SMILES string of the molecule is CC(C)(C)N=[S+]c1ccccc1. The van der Waals surface area contributed by atoms with Crippen molar-refractivity contribution in [3.63, 3.8) is 0 Å². The molecular formula is C10H14NS+. The van der Waals surface area contributed by atoms with Gasteiger partial charge in [0.2, 0.25) is 0 Å². The van der Waals surface area contributed by atoms with E-state index in [9.17, 15) is 0 Å². The number of rotatable bonds is 1. The third-order valence-electron chi connectivity index (χ3n) is 1.17. The Labute approximate surface area is 78.0 Å². The summed E-state index contributed by atoms with van der Waals surface area (Å²) in [6.07, 6.45) is 0. The lowest BCUT2D eigenvalue weighted by molar-refractivity contribution is 0.593. The van der Waals surface area contributed by atoms with Gasteiger partial charge in [-0.1, -0.05) is 18.2 Å². The molecule has 1 aromatic carbocycles. The van der Waals surface area contributed by atoms with E-state index in [0.29, 0.717) is 0 Å². The fourth-order valence-electron chi connectivity index (χ4n) is 0.671. The Bertz CT molecular complexity index is 259. The standard InChI is InChI=1S/C10H14NS/c1-10(2,3)11-12-9-7-5-4-6-8-9/h4-8H,1-3H3/q+1. The average molecular weight is 180 g/mol. The lowest BCUT2D eigenvalue weighted by Gasteiger charge is -2.00. The molecule has 1 nitrogen and oxygen atoms in total. The first-order valence-electron chi connectivity index (χ1n) is 4.02. The van der Waals surface area contributed by atoms with E-state index in [1.165, 1.54) is 4.90 Å². The molecule has 64 valence electrons. The minimum absolute atomic E-state index is 0.0422. The van der Waals surface area contributed by atoms with E-state index in [4.69, 9.17) is 0 Å². The van der Waals surface area contributed by atoms with E-state index >= 15 is 0 Å². The van der Waals surface area contributed by atoms with Crippen LogP contribution in [0.15, 0.2) is 39.6 Å². The van der Waals surface area contributed by atoms with Gasteiger partial charge in [-0.2, -0.15) is 0 Å². The monoisotopic (exact) mass is 180 g/mol. The molecule has 0 aliphatic carbocycles. The summed E-state index contributed by atoms with van der Waals surface area (Å²) < 4.78 is 4.44. The number of hydrogen-bond donors (Lipinski definition) is 0. The van der Waals surface area contributed by atoms with E-state index in [2.05, 4.69) is 37.3 Å². The molecule has 0 bridgehead atoms. The van der Waals surface area contributed by atoms with Crippen molar-refractivity contribution in [2.24, 2.45) is 4.36 Å². The normalized spacial score (nSPS) is 12.2. The summed E-state index contributed by atoms with van der Waals surface area (Å²) in [5, 5.41) is 0. The maximum atomic E-state index is 4.44. The molecule has 0 heterocycles. The molecule has 0 fully saturated rings. The molecule has 0 aliphatic heterocycles. The second-order valence-electron chi connectivity index (χ2n) is 3.67. The van der Waals surface area contributed by atoms with Crippen LogP contribution in [0, 0.1) is 0 Å². The maximum absolute atomic E-state index is 4.44. The van der Waals surface area contributed by atoms with Crippen molar-refractivity contribution in [1.29, 1.82) is 0 Å². The number of nitrogens with zero attached hydrogens (tertiary/aromatic N) is 1. The van der Waals surface area contributed by atoms with Gasteiger partial charge in [0.05, 0.1) is 0 Å². The molecule has 0 saturated carbocycles. The predicted octanol–water partition coefficient (Wildman–Crippen LogP) is 3.11. The van der Waals surface area contributed by atoms with Crippen LogP contribution in [-0.4, -0.2) is 5.54 Å². The zero-order valence-electron chi connectivity index (χ0n) is 7.74. The largest absolute Gasteiger partial charge is 0.357 e. The van der Waals surface area contributed by atoms with Gasteiger partial charge in [-0.25, -0.2) is 0 Å². The Hall–Kier alpha value is -0.760. The highest BCUT2D eigenvalue weighted by Crippen LogP contribution is 2.08. The number of hydrogen-bond acceptors (Lipinski definition) is 1. The summed E-state index contributed by atoms with van der Waals surface area (Å²) in [6.45, 7) is 6.30. The summed E-state index contributed by atoms with van der Waals surface area (Å²) in [7, 11) is 0. The van der Waals surface area contributed by atoms with Crippen LogP contribution in [-0.2, 0) is 11.6 Å². The Morgan fingerprint density at radius 2 is 1.67 bits per heavy atom. The van der Waals surface area contributed by atoms with Crippen LogP contribution in [0.1, 0.15) is 20.8 Å². The lowest BCUT2D eigenvalue weighted by Crippen LogP contribution is -2.08. The zero-order chi connectivity index (χ0) is 9.03. The van der Waals surface area contributed by atoms with Crippen LogP contribution in [0.25, 0.3) is 0 Å². The molecule has 0 N–H and O–H groups in total. The summed E-state index contributed by atoms with van der Waals surface area (Å²) in [4.78, 5) is 1.20. The molecule has 0 saturated heterocycles. The van der Waals surface area contributed by atoms with Gasteiger partial charge in [0.1, 0.15) is 5.54 Å². The third kappa shape index (κ3) is 3.58. The highest BCUT2D eigenvalue weighted by molar-refractivity contribution is 7.68. The molecule has 1 aromatic rings. The summed E-state index contributed by atoms with van der Waals surface area (Å²) in [5.74, 6) is 0. The van der Waals surface area contributed by atoms with Crippen molar-refractivity contribution in [2.75, 3.05) is 0 Å². The molecule has 0 aliphatic rings. The fourth-order valence-corrected chi connectivity index (χ4v) is 1.33. The minimum Gasteiger partial charge on any atom is -0.0619 e. The second kappa shape index (κ2) is 3.76. The molecule has 12 heavy (non-hydrogen) atoms. The third-order valence-corrected chi connectivity index (χ3v) is 2.29. The van der Waals surface area contributed by atoms with E-state index < -0.39 is 0 Å². The van der Waals surface area contributed by atoms with E-state index in [-0.39, 0.29) is 5.54 Å². The minimum atomic E-state index is 0.0422. The highest BCUT2D eigenvalue weighted by Gasteiger charge is 2.14. The van der Waals surface area contributed by atoms with Crippen LogP contribution < -0.4 is 0 Å². The molecule has 0 atom stereocenters. The van der Waals surface area contributed by atoms with Gasteiger partial charge in [-0.05, 0) is 25.1 Å². The quantitative estimate of drug-likeness (QED) is 0.589. The van der Waals surface area contributed by atoms with Crippen LogP contribution in [0.2, 0.25) is 0 Å². The van der Waals surface area contributed by atoms with Gasteiger partial charge in [0, 0.05) is 12.1 Å².